The summed E-state index contributed by atoms with van der Waals surface area (Å²) in [6.07, 6.45) is 3.38. The van der Waals surface area contributed by atoms with E-state index < -0.39 is 17.5 Å². The maximum atomic E-state index is 12.2. The third kappa shape index (κ3) is 3.82. The summed E-state index contributed by atoms with van der Waals surface area (Å²) in [4.78, 5) is 35.5. The van der Waals surface area contributed by atoms with Crippen molar-refractivity contribution in [1.29, 1.82) is 0 Å². The molecular weight excluding hydrogens is 320 g/mol. The molecule has 2 saturated heterocycles. The number of hydrogen-bond acceptors (Lipinski definition) is 4. The molecule has 1 aromatic rings. The molecule has 0 radical (unpaired) electrons. The van der Waals surface area contributed by atoms with Crippen LogP contribution < -0.4 is 21.3 Å². The molecule has 2 heterocycles. The predicted octanol–water partition coefficient (Wildman–Crippen LogP) is 0.861. The van der Waals surface area contributed by atoms with Gasteiger partial charge in [0.1, 0.15) is 5.54 Å². The van der Waals surface area contributed by atoms with Crippen molar-refractivity contribution in [2.24, 2.45) is 5.92 Å². The molecule has 4 amide bonds. The van der Waals surface area contributed by atoms with Crippen LogP contribution in [-0.4, -0.2) is 37.5 Å². The summed E-state index contributed by atoms with van der Waals surface area (Å²) in [6.45, 7) is 4.41. The van der Waals surface area contributed by atoms with Crippen molar-refractivity contribution in [3.8, 4) is 0 Å². The maximum Gasteiger partial charge on any atom is 0.322 e. The third-order valence-electron chi connectivity index (χ3n) is 5.01. The van der Waals surface area contributed by atoms with Gasteiger partial charge in [-0.2, -0.15) is 0 Å². The van der Waals surface area contributed by atoms with Gasteiger partial charge in [-0.3, -0.25) is 14.9 Å². The van der Waals surface area contributed by atoms with Crippen LogP contribution in [0.3, 0.4) is 0 Å². The molecular formula is C18H24N4O3. The van der Waals surface area contributed by atoms with Crippen molar-refractivity contribution in [2.75, 3.05) is 19.6 Å². The summed E-state index contributed by atoms with van der Waals surface area (Å²) in [7, 11) is 0. The Balaban J connectivity index is 1.55. The minimum atomic E-state index is -1.10. The molecule has 2 atom stereocenters. The standard InChI is InChI=1S/C18H24N4O3/c1-18(16(24)21-17(25)22-18)14-6-4-13(5-7-14)15(23)20-10-8-12-3-2-9-19-11-12/h4-7,12,19H,2-3,8-11H2,1H3,(H,20,23)(H2,21,22,24,25). The van der Waals surface area contributed by atoms with Gasteiger partial charge in [0.25, 0.3) is 11.8 Å². The van der Waals surface area contributed by atoms with Crippen molar-refractivity contribution in [1.82, 2.24) is 21.3 Å². The van der Waals surface area contributed by atoms with Gasteiger partial charge in [-0.1, -0.05) is 12.1 Å². The van der Waals surface area contributed by atoms with Crippen molar-refractivity contribution in [3.05, 3.63) is 35.4 Å². The highest BCUT2D eigenvalue weighted by atomic mass is 16.2. The van der Waals surface area contributed by atoms with E-state index in [0.29, 0.717) is 23.6 Å². The average Bonchev–Trinajstić information content (AvgIpc) is 2.89. The van der Waals surface area contributed by atoms with Crippen molar-refractivity contribution in [3.63, 3.8) is 0 Å². The third-order valence-corrected chi connectivity index (χ3v) is 5.01. The molecule has 7 nitrogen and oxygen atoms in total. The lowest BCUT2D eigenvalue weighted by Gasteiger charge is -2.22. The number of rotatable bonds is 5. The Labute approximate surface area is 146 Å². The van der Waals surface area contributed by atoms with E-state index >= 15 is 0 Å². The molecule has 0 aliphatic carbocycles. The van der Waals surface area contributed by atoms with Crippen LogP contribution in [0.2, 0.25) is 0 Å². The van der Waals surface area contributed by atoms with E-state index in [0.717, 1.165) is 19.5 Å². The Morgan fingerprint density at radius 2 is 2.04 bits per heavy atom. The van der Waals surface area contributed by atoms with E-state index in [1.807, 2.05) is 0 Å². The number of urea groups is 1. The van der Waals surface area contributed by atoms with Gasteiger partial charge in [0.2, 0.25) is 0 Å². The van der Waals surface area contributed by atoms with Gasteiger partial charge >= 0.3 is 6.03 Å². The fraction of sp³-hybridized carbons (Fsp3) is 0.500. The summed E-state index contributed by atoms with van der Waals surface area (Å²) in [5, 5.41) is 11.2. The molecule has 2 unspecified atom stereocenters. The largest absolute Gasteiger partial charge is 0.352 e. The van der Waals surface area contributed by atoms with Crippen LogP contribution in [0.1, 0.15) is 42.1 Å². The fourth-order valence-electron chi connectivity index (χ4n) is 3.36. The summed E-state index contributed by atoms with van der Waals surface area (Å²) in [5.74, 6) is 0.108. The maximum absolute atomic E-state index is 12.2. The monoisotopic (exact) mass is 344 g/mol. The van der Waals surface area contributed by atoms with Crippen LogP contribution in [0.4, 0.5) is 4.79 Å². The molecule has 0 spiro atoms. The molecule has 134 valence electrons. The Kier molecular flexibility index (Phi) is 5.03. The van der Waals surface area contributed by atoms with Crippen LogP contribution in [-0.2, 0) is 10.3 Å². The van der Waals surface area contributed by atoms with Gasteiger partial charge in [0.15, 0.2) is 0 Å². The van der Waals surface area contributed by atoms with Crippen LogP contribution in [0.25, 0.3) is 0 Å². The number of piperidine rings is 1. The first-order valence-corrected chi connectivity index (χ1v) is 8.72. The number of carbonyl (C=O) groups excluding carboxylic acids is 3. The number of benzene rings is 1. The van der Waals surface area contributed by atoms with E-state index in [1.165, 1.54) is 12.8 Å². The van der Waals surface area contributed by atoms with Gasteiger partial charge in [0, 0.05) is 12.1 Å². The van der Waals surface area contributed by atoms with Crippen LogP contribution in [0.15, 0.2) is 24.3 Å². The molecule has 25 heavy (non-hydrogen) atoms. The van der Waals surface area contributed by atoms with Crippen molar-refractivity contribution >= 4 is 17.8 Å². The Morgan fingerprint density at radius 1 is 1.28 bits per heavy atom. The smallest absolute Gasteiger partial charge is 0.322 e. The Bertz CT molecular complexity index is 667. The highest BCUT2D eigenvalue weighted by molar-refractivity contribution is 6.07. The number of hydrogen-bond donors (Lipinski definition) is 4. The van der Waals surface area contributed by atoms with E-state index in [2.05, 4.69) is 21.3 Å². The molecule has 0 saturated carbocycles. The van der Waals surface area contributed by atoms with Crippen LogP contribution >= 0.6 is 0 Å². The first-order chi connectivity index (χ1) is 12.0. The normalized spacial score (nSPS) is 26.0. The van der Waals surface area contributed by atoms with Crippen molar-refractivity contribution < 1.29 is 14.4 Å². The van der Waals surface area contributed by atoms with E-state index in [-0.39, 0.29) is 5.91 Å². The second-order valence-electron chi connectivity index (χ2n) is 6.87. The highest BCUT2D eigenvalue weighted by Crippen LogP contribution is 2.24. The minimum absolute atomic E-state index is 0.125. The Hall–Kier alpha value is -2.41. The van der Waals surface area contributed by atoms with Crippen molar-refractivity contribution in [2.45, 2.75) is 31.7 Å². The van der Waals surface area contributed by atoms with Gasteiger partial charge in [0.05, 0.1) is 0 Å². The van der Waals surface area contributed by atoms with Gasteiger partial charge in [-0.05, 0) is 62.9 Å². The zero-order valence-corrected chi connectivity index (χ0v) is 14.4. The zero-order chi connectivity index (χ0) is 17.9. The van der Waals surface area contributed by atoms with Crippen LogP contribution in [0.5, 0.6) is 0 Å². The quantitative estimate of drug-likeness (QED) is 0.595. The lowest BCUT2D eigenvalue weighted by atomic mass is 9.91. The van der Waals surface area contributed by atoms with Gasteiger partial charge < -0.3 is 16.0 Å². The lowest BCUT2D eigenvalue weighted by Crippen LogP contribution is -2.40. The molecule has 2 fully saturated rings. The fourth-order valence-corrected chi connectivity index (χ4v) is 3.36. The molecule has 2 aliphatic heterocycles. The first kappa shape index (κ1) is 17.4. The minimum Gasteiger partial charge on any atom is -0.352 e. The average molecular weight is 344 g/mol. The molecule has 0 aromatic heterocycles. The second kappa shape index (κ2) is 7.23. The zero-order valence-electron chi connectivity index (χ0n) is 14.4. The molecule has 7 heteroatoms. The summed E-state index contributed by atoms with van der Waals surface area (Å²) < 4.78 is 0. The number of imide groups is 1. The van der Waals surface area contributed by atoms with Gasteiger partial charge in [-0.15, -0.1) is 0 Å². The summed E-state index contributed by atoms with van der Waals surface area (Å²) in [6, 6.07) is 6.24. The van der Waals surface area contributed by atoms with Crippen LogP contribution in [0, 0.1) is 5.92 Å². The highest BCUT2D eigenvalue weighted by Gasteiger charge is 2.43. The second-order valence-corrected chi connectivity index (χ2v) is 6.87. The van der Waals surface area contributed by atoms with E-state index in [1.54, 1.807) is 31.2 Å². The number of nitrogens with one attached hydrogen (secondary N) is 4. The first-order valence-electron chi connectivity index (χ1n) is 8.72. The van der Waals surface area contributed by atoms with E-state index in [4.69, 9.17) is 0 Å². The number of amides is 4. The lowest BCUT2D eigenvalue weighted by molar-refractivity contribution is -0.123. The molecule has 0 bridgehead atoms. The van der Waals surface area contributed by atoms with Gasteiger partial charge in [-0.25, -0.2) is 4.79 Å². The predicted molar refractivity (Wildman–Crippen MR) is 93.0 cm³/mol. The molecule has 3 rings (SSSR count). The summed E-state index contributed by atoms with van der Waals surface area (Å²) >= 11 is 0. The molecule has 1 aromatic carbocycles. The number of carbonyl (C=O) groups is 3. The molecule has 4 N–H and O–H groups in total. The SMILES string of the molecule is CC1(c2ccc(C(=O)NCCC3CCCNC3)cc2)NC(=O)NC1=O. The molecule has 2 aliphatic rings. The van der Waals surface area contributed by atoms with E-state index in [9.17, 15) is 14.4 Å². The summed E-state index contributed by atoms with van der Waals surface area (Å²) in [5.41, 5.74) is 0.0830. The Morgan fingerprint density at radius 3 is 2.64 bits per heavy atom. The topological polar surface area (TPSA) is 99.3 Å².